The average Bonchev–Trinajstić information content (AvgIpc) is 2.46. The minimum Gasteiger partial charge on any atom is -0.349 e. The summed E-state index contributed by atoms with van der Waals surface area (Å²) in [5.74, 6) is 2.90. The topological polar surface area (TPSA) is 29.1 Å². The summed E-state index contributed by atoms with van der Waals surface area (Å²) in [6.45, 7) is 2.25. The number of rotatable bonds is 3. The van der Waals surface area contributed by atoms with Crippen molar-refractivity contribution in [3.8, 4) is 0 Å². The van der Waals surface area contributed by atoms with E-state index in [0.717, 1.165) is 26.9 Å². The highest BCUT2D eigenvalue weighted by Crippen LogP contribution is 2.61. The number of nitrogens with one attached hydrogen (secondary N) is 1. The lowest BCUT2D eigenvalue weighted by Gasteiger charge is -2.59. The van der Waals surface area contributed by atoms with Crippen molar-refractivity contribution in [2.24, 2.45) is 23.2 Å². The molecule has 22 heavy (non-hydrogen) atoms. The Bertz CT molecular complexity index is 562. The standard InChI is InChI=1S/C19H24INO/c1-12(21-18(22)16-4-2-3-5-17(16)20)19-9-13-6-14(10-19)8-15(7-13)11-19/h2-5,12-15H,6-11H2,1H3,(H,21,22). The first kappa shape index (κ1) is 15.0. The van der Waals surface area contributed by atoms with Gasteiger partial charge in [-0.2, -0.15) is 0 Å². The Kier molecular flexibility index (Phi) is 3.74. The Morgan fingerprint density at radius 3 is 2.23 bits per heavy atom. The quantitative estimate of drug-likeness (QED) is 0.725. The van der Waals surface area contributed by atoms with Crippen molar-refractivity contribution in [2.75, 3.05) is 0 Å². The largest absolute Gasteiger partial charge is 0.349 e. The zero-order valence-electron chi connectivity index (χ0n) is 13.1. The highest BCUT2D eigenvalue weighted by atomic mass is 127. The minimum atomic E-state index is 0.105. The van der Waals surface area contributed by atoms with E-state index in [1.165, 1.54) is 38.5 Å². The molecule has 1 atom stereocenters. The molecule has 4 saturated carbocycles. The molecule has 1 aromatic carbocycles. The second kappa shape index (κ2) is 5.50. The van der Waals surface area contributed by atoms with Gasteiger partial charge in [-0.05, 0) is 103 Å². The first-order valence-electron chi connectivity index (χ1n) is 8.61. The molecule has 2 nitrogen and oxygen atoms in total. The molecule has 4 aliphatic carbocycles. The van der Waals surface area contributed by atoms with Gasteiger partial charge in [0.05, 0.1) is 5.56 Å². The molecule has 0 spiro atoms. The molecule has 0 radical (unpaired) electrons. The Hall–Kier alpha value is -0.580. The van der Waals surface area contributed by atoms with Gasteiger partial charge in [-0.15, -0.1) is 0 Å². The van der Waals surface area contributed by atoms with Crippen LogP contribution in [0.15, 0.2) is 24.3 Å². The van der Waals surface area contributed by atoms with E-state index in [0.29, 0.717) is 11.5 Å². The second-order valence-corrected chi connectivity index (χ2v) is 9.12. The van der Waals surface area contributed by atoms with Gasteiger partial charge in [-0.25, -0.2) is 0 Å². The Morgan fingerprint density at radius 1 is 1.14 bits per heavy atom. The number of carbonyl (C=O) groups is 1. The van der Waals surface area contributed by atoms with Crippen molar-refractivity contribution >= 4 is 28.5 Å². The zero-order valence-corrected chi connectivity index (χ0v) is 15.3. The monoisotopic (exact) mass is 409 g/mol. The summed E-state index contributed by atoms with van der Waals surface area (Å²) in [5.41, 5.74) is 1.20. The van der Waals surface area contributed by atoms with Crippen molar-refractivity contribution < 1.29 is 4.79 Å². The molecule has 4 fully saturated rings. The molecular formula is C19H24INO. The van der Waals surface area contributed by atoms with E-state index in [-0.39, 0.29) is 5.91 Å². The van der Waals surface area contributed by atoms with Gasteiger partial charge in [0.2, 0.25) is 0 Å². The van der Waals surface area contributed by atoms with Crippen molar-refractivity contribution in [1.29, 1.82) is 0 Å². The van der Waals surface area contributed by atoms with Crippen molar-refractivity contribution in [3.05, 3.63) is 33.4 Å². The molecule has 0 saturated heterocycles. The molecule has 1 unspecified atom stereocenters. The number of benzene rings is 1. The summed E-state index contributed by atoms with van der Waals surface area (Å²) >= 11 is 2.25. The van der Waals surface area contributed by atoms with Crippen LogP contribution in [0, 0.1) is 26.7 Å². The summed E-state index contributed by atoms with van der Waals surface area (Å²) in [6, 6.07) is 8.17. The van der Waals surface area contributed by atoms with Gasteiger partial charge in [0.15, 0.2) is 0 Å². The van der Waals surface area contributed by atoms with Crippen molar-refractivity contribution in [1.82, 2.24) is 5.32 Å². The lowest BCUT2D eigenvalue weighted by Crippen LogP contribution is -2.55. The number of hydrogen-bond acceptors (Lipinski definition) is 1. The van der Waals surface area contributed by atoms with E-state index in [9.17, 15) is 4.79 Å². The van der Waals surface area contributed by atoms with Crippen LogP contribution in [0.3, 0.4) is 0 Å². The van der Waals surface area contributed by atoms with Crippen LogP contribution in [-0.2, 0) is 0 Å². The molecule has 3 heteroatoms. The summed E-state index contributed by atoms with van der Waals surface area (Å²) in [6.07, 6.45) is 8.38. The highest BCUT2D eigenvalue weighted by Gasteiger charge is 2.53. The first-order chi connectivity index (χ1) is 10.6. The fraction of sp³-hybridized carbons (Fsp3) is 0.632. The third-order valence-electron chi connectivity index (χ3n) is 6.47. The van der Waals surface area contributed by atoms with Gasteiger partial charge in [-0.1, -0.05) is 12.1 Å². The summed E-state index contributed by atoms with van der Waals surface area (Å²) in [7, 11) is 0. The second-order valence-electron chi connectivity index (χ2n) is 7.95. The van der Waals surface area contributed by atoms with E-state index < -0.39 is 0 Å². The van der Waals surface area contributed by atoms with Crippen LogP contribution in [0.5, 0.6) is 0 Å². The van der Waals surface area contributed by atoms with Gasteiger partial charge in [0, 0.05) is 9.61 Å². The number of hydrogen-bond donors (Lipinski definition) is 1. The average molecular weight is 409 g/mol. The Morgan fingerprint density at radius 2 is 1.68 bits per heavy atom. The van der Waals surface area contributed by atoms with Gasteiger partial charge >= 0.3 is 0 Å². The van der Waals surface area contributed by atoms with Crippen LogP contribution in [-0.4, -0.2) is 11.9 Å². The third kappa shape index (κ3) is 2.49. The van der Waals surface area contributed by atoms with Crippen molar-refractivity contribution in [2.45, 2.75) is 51.5 Å². The predicted molar refractivity (Wildman–Crippen MR) is 96.7 cm³/mol. The lowest BCUT2D eigenvalue weighted by atomic mass is 9.48. The van der Waals surface area contributed by atoms with Crippen LogP contribution >= 0.6 is 22.6 Å². The molecule has 0 aliphatic heterocycles. The van der Waals surface area contributed by atoms with E-state index in [4.69, 9.17) is 0 Å². The third-order valence-corrected chi connectivity index (χ3v) is 7.41. The molecule has 1 N–H and O–H groups in total. The van der Waals surface area contributed by atoms with Gasteiger partial charge < -0.3 is 5.32 Å². The molecule has 5 rings (SSSR count). The maximum atomic E-state index is 12.7. The zero-order chi connectivity index (χ0) is 15.3. The molecule has 0 heterocycles. The van der Waals surface area contributed by atoms with E-state index in [2.05, 4.69) is 34.8 Å². The maximum absolute atomic E-state index is 12.7. The Labute approximate surface area is 146 Å². The van der Waals surface area contributed by atoms with Gasteiger partial charge in [-0.3, -0.25) is 4.79 Å². The van der Waals surface area contributed by atoms with E-state index >= 15 is 0 Å². The van der Waals surface area contributed by atoms with Gasteiger partial charge in [0.1, 0.15) is 0 Å². The van der Waals surface area contributed by atoms with Crippen LogP contribution in [0.1, 0.15) is 55.8 Å². The highest BCUT2D eigenvalue weighted by molar-refractivity contribution is 14.1. The number of amides is 1. The first-order valence-corrected chi connectivity index (χ1v) is 9.69. The summed E-state index contributed by atoms with van der Waals surface area (Å²) in [4.78, 5) is 12.7. The predicted octanol–water partition coefficient (Wildman–Crippen LogP) is 4.63. The SMILES string of the molecule is CC(NC(=O)c1ccccc1I)C12CC3CC(CC(C3)C1)C2. The number of carbonyl (C=O) groups excluding carboxylic acids is 1. The smallest absolute Gasteiger partial charge is 0.252 e. The molecule has 4 aliphatic rings. The molecule has 1 amide bonds. The van der Waals surface area contributed by atoms with Gasteiger partial charge in [0.25, 0.3) is 5.91 Å². The van der Waals surface area contributed by atoms with Crippen LogP contribution < -0.4 is 5.32 Å². The fourth-order valence-corrected chi connectivity index (χ4v) is 6.41. The summed E-state index contributed by atoms with van der Waals surface area (Å²) < 4.78 is 1.04. The van der Waals surface area contributed by atoms with Crippen molar-refractivity contribution in [3.63, 3.8) is 0 Å². The molecule has 118 valence electrons. The summed E-state index contributed by atoms with van der Waals surface area (Å²) in [5, 5.41) is 3.35. The van der Waals surface area contributed by atoms with Crippen LogP contribution in [0.4, 0.5) is 0 Å². The molecule has 1 aromatic rings. The fourth-order valence-electron chi connectivity index (χ4n) is 5.78. The molecular weight excluding hydrogens is 385 g/mol. The number of halogens is 1. The van der Waals surface area contributed by atoms with Crippen LogP contribution in [0.25, 0.3) is 0 Å². The lowest BCUT2D eigenvalue weighted by molar-refractivity contribution is -0.0688. The molecule has 0 aromatic heterocycles. The maximum Gasteiger partial charge on any atom is 0.252 e. The minimum absolute atomic E-state index is 0.105. The normalized spacial score (nSPS) is 37.1. The molecule has 4 bridgehead atoms. The van der Waals surface area contributed by atoms with Crippen LogP contribution in [0.2, 0.25) is 0 Å². The Balaban J connectivity index is 1.52. The van der Waals surface area contributed by atoms with E-state index in [1.54, 1.807) is 0 Å². The van der Waals surface area contributed by atoms with E-state index in [1.807, 2.05) is 24.3 Å².